The van der Waals surface area contributed by atoms with Crippen molar-refractivity contribution in [1.82, 2.24) is 4.90 Å². The highest BCUT2D eigenvalue weighted by Gasteiger charge is 2.45. The average Bonchev–Trinajstić information content (AvgIpc) is 3.30. The molecule has 1 aromatic carbocycles. The van der Waals surface area contributed by atoms with Crippen molar-refractivity contribution in [1.29, 1.82) is 0 Å². The molecule has 1 aliphatic heterocycles. The molecule has 24 heavy (non-hydrogen) atoms. The van der Waals surface area contributed by atoms with E-state index in [4.69, 9.17) is 4.74 Å². The van der Waals surface area contributed by atoms with Crippen molar-refractivity contribution in [3.8, 4) is 0 Å². The predicted molar refractivity (Wildman–Crippen MR) is 99.9 cm³/mol. The first-order valence-electron chi connectivity index (χ1n) is 8.78. The monoisotopic (exact) mass is 391 g/mol. The molecule has 1 heterocycles. The summed E-state index contributed by atoms with van der Waals surface area (Å²) in [6.07, 6.45) is 5.03. The Kier molecular flexibility index (Phi) is 5.05. The van der Waals surface area contributed by atoms with Gasteiger partial charge in [0.2, 0.25) is 0 Å². The molecule has 3 rings (SSSR count). The van der Waals surface area contributed by atoms with Gasteiger partial charge < -0.3 is 9.64 Å². The molecule has 1 saturated heterocycles. The fraction of sp³-hybridized carbons (Fsp3) is 0.550. The van der Waals surface area contributed by atoms with Gasteiger partial charge in [0.05, 0.1) is 6.04 Å². The van der Waals surface area contributed by atoms with E-state index >= 15 is 0 Å². The van der Waals surface area contributed by atoms with E-state index in [1.165, 1.54) is 12.8 Å². The first-order valence-corrected chi connectivity index (χ1v) is 9.57. The Labute approximate surface area is 153 Å². The molecule has 1 aliphatic carbocycles. The highest BCUT2D eigenvalue weighted by molar-refractivity contribution is 9.10. The van der Waals surface area contributed by atoms with Crippen molar-refractivity contribution in [3.63, 3.8) is 0 Å². The number of ether oxygens (including phenoxy) is 1. The second-order valence-electron chi connectivity index (χ2n) is 7.50. The van der Waals surface area contributed by atoms with Crippen LogP contribution in [-0.4, -0.2) is 23.1 Å². The Morgan fingerprint density at radius 1 is 1.42 bits per heavy atom. The number of hydrogen-bond acceptors (Lipinski definition) is 2. The molecule has 3 nitrogen and oxygen atoms in total. The summed E-state index contributed by atoms with van der Waals surface area (Å²) in [5.41, 5.74) is 1.89. The molecule has 1 unspecified atom stereocenters. The quantitative estimate of drug-likeness (QED) is 0.568. The van der Waals surface area contributed by atoms with Gasteiger partial charge in [-0.25, -0.2) is 4.79 Å². The number of benzene rings is 1. The topological polar surface area (TPSA) is 29.5 Å². The summed E-state index contributed by atoms with van der Waals surface area (Å²) in [5.74, 6) is 0.729. The molecule has 0 aromatic heterocycles. The molecule has 4 heteroatoms. The van der Waals surface area contributed by atoms with Crippen LogP contribution in [0.3, 0.4) is 0 Å². The fourth-order valence-electron chi connectivity index (χ4n) is 3.72. The number of carbonyl (C=O) groups is 1. The summed E-state index contributed by atoms with van der Waals surface area (Å²) in [4.78, 5) is 14.6. The molecule has 0 N–H and O–H groups in total. The largest absolute Gasteiger partial charge is 0.442 e. The third-order valence-electron chi connectivity index (χ3n) is 5.15. The number of hydrogen-bond donors (Lipinski definition) is 0. The van der Waals surface area contributed by atoms with Crippen LogP contribution in [0, 0.1) is 5.92 Å². The Bertz CT molecular complexity index is 623. The third-order valence-corrected chi connectivity index (χ3v) is 5.68. The van der Waals surface area contributed by atoms with Gasteiger partial charge in [-0.2, -0.15) is 0 Å². The number of rotatable bonds is 6. The van der Waals surface area contributed by atoms with Gasteiger partial charge >= 0.3 is 6.09 Å². The number of amides is 1. The van der Waals surface area contributed by atoms with Gasteiger partial charge in [0.25, 0.3) is 0 Å². The minimum atomic E-state index is -0.333. The lowest BCUT2D eigenvalue weighted by atomic mass is 9.85. The van der Waals surface area contributed by atoms with Crippen LogP contribution < -0.4 is 0 Å². The standard InChI is InChI=1S/C20H26BrNO2/c1-14(2)12-20(13-16-4-5-16)10-11-22(19(23)24-20)15(3)17-6-8-18(21)9-7-17/h6-9,15-16H,1,4-5,10-13H2,2-3H3/t15?,20-/m1/s1. The SMILES string of the molecule is C=C(C)C[C@@]1(CC2CC2)CCN(C(C)c2ccc(Br)cc2)C(=O)O1. The third kappa shape index (κ3) is 4.02. The minimum Gasteiger partial charge on any atom is -0.442 e. The predicted octanol–water partition coefficient (Wildman–Crippen LogP) is 5.86. The zero-order valence-electron chi connectivity index (χ0n) is 14.6. The molecular formula is C20H26BrNO2. The van der Waals surface area contributed by atoms with E-state index in [0.29, 0.717) is 0 Å². The van der Waals surface area contributed by atoms with E-state index in [1.807, 2.05) is 24.0 Å². The van der Waals surface area contributed by atoms with Crippen LogP contribution in [0.1, 0.15) is 57.6 Å². The minimum absolute atomic E-state index is 0.0225. The summed E-state index contributed by atoms with van der Waals surface area (Å²) in [6, 6.07) is 8.16. The van der Waals surface area contributed by atoms with E-state index in [1.54, 1.807) is 0 Å². The molecule has 2 aliphatic rings. The molecule has 1 amide bonds. The number of nitrogens with zero attached hydrogens (tertiary/aromatic N) is 1. The average molecular weight is 392 g/mol. The number of carbonyl (C=O) groups excluding carboxylic acids is 1. The zero-order chi connectivity index (χ0) is 17.3. The van der Waals surface area contributed by atoms with Gasteiger partial charge in [-0.1, -0.05) is 53.1 Å². The lowest BCUT2D eigenvalue weighted by Crippen LogP contribution is -2.50. The highest BCUT2D eigenvalue weighted by Crippen LogP contribution is 2.44. The molecule has 0 radical (unpaired) electrons. The molecule has 0 spiro atoms. The van der Waals surface area contributed by atoms with Crippen molar-refractivity contribution in [2.24, 2.45) is 5.92 Å². The first kappa shape index (κ1) is 17.5. The van der Waals surface area contributed by atoms with Gasteiger partial charge in [0, 0.05) is 23.9 Å². The summed E-state index contributed by atoms with van der Waals surface area (Å²) in [6.45, 7) is 8.89. The summed E-state index contributed by atoms with van der Waals surface area (Å²) in [7, 11) is 0. The zero-order valence-corrected chi connectivity index (χ0v) is 16.1. The maximum Gasteiger partial charge on any atom is 0.410 e. The molecule has 130 valence electrons. The van der Waals surface area contributed by atoms with Gasteiger partial charge in [-0.15, -0.1) is 0 Å². The Morgan fingerprint density at radius 3 is 2.62 bits per heavy atom. The van der Waals surface area contributed by atoms with Gasteiger partial charge in [0.1, 0.15) is 5.60 Å². The van der Waals surface area contributed by atoms with Gasteiger partial charge in [-0.3, -0.25) is 0 Å². The van der Waals surface area contributed by atoms with Gasteiger partial charge in [0.15, 0.2) is 0 Å². The first-order chi connectivity index (χ1) is 11.4. The van der Waals surface area contributed by atoms with E-state index in [0.717, 1.165) is 47.3 Å². The molecular weight excluding hydrogens is 366 g/mol. The smallest absolute Gasteiger partial charge is 0.410 e. The van der Waals surface area contributed by atoms with E-state index in [2.05, 4.69) is 41.6 Å². The highest BCUT2D eigenvalue weighted by atomic mass is 79.9. The molecule has 2 fully saturated rings. The van der Waals surface area contributed by atoms with Crippen molar-refractivity contribution in [2.45, 2.75) is 57.6 Å². The van der Waals surface area contributed by atoms with E-state index in [-0.39, 0.29) is 17.7 Å². The van der Waals surface area contributed by atoms with Crippen LogP contribution in [0.2, 0.25) is 0 Å². The van der Waals surface area contributed by atoms with Crippen LogP contribution in [0.4, 0.5) is 4.79 Å². The number of cyclic esters (lactones) is 1. The van der Waals surface area contributed by atoms with E-state index in [9.17, 15) is 4.79 Å². The Morgan fingerprint density at radius 2 is 2.08 bits per heavy atom. The second-order valence-corrected chi connectivity index (χ2v) is 8.42. The van der Waals surface area contributed by atoms with Crippen molar-refractivity contribution >= 4 is 22.0 Å². The van der Waals surface area contributed by atoms with E-state index < -0.39 is 0 Å². The lowest BCUT2D eigenvalue weighted by Gasteiger charge is -2.43. The second kappa shape index (κ2) is 6.91. The van der Waals surface area contributed by atoms with Crippen LogP contribution in [-0.2, 0) is 4.74 Å². The van der Waals surface area contributed by atoms with Crippen molar-refractivity contribution in [2.75, 3.05) is 6.54 Å². The maximum absolute atomic E-state index is 12.7. The summed E-state index contributed by atoms with van der Waals surface area (Å²) in [5, 5.41) is 0. The summed E-state index contributed by atoms with van der Waals surface area (Å²) >= 11 is 3.46. The van der Waals surface area contributed by atoms with Crippen LogP contribution in [0.25, 0.3) is 0 Å². The van der Waals surface area contributed by atoms with Crippen LogP contribution >= 0.6 is 15.9 Å². The van der Waals surface area contributed by atoms with Crippen molar-refractivity contribution in [3.05, 3.63) is 46.5 Å². The Balaban J connectivity index is 1.72. The normalized spacial score (nSPS) is 25.3. The van der Waals surface area contributed by atoms with Gasteiger partial charge in [-0.05, 0) is 43.9 Å². The molecule has 2 atom stereocenters. The Hall–Kier alpha value is -1.29. The maximum atomic E-state index is 12.7. The molecule has 1 saturated carbocycles. The van der Waals surface area contributed by atoms with Crippen LogP contribution in [0.15, 0.2) is 40.9 Å². The number of halogens is 1. The fourth-order valence-corrected chi connectivity index (χ4v) is 3.99. The molecule has 1 aromatic rings. The molecule has 0 bridgehead atoms. The lowest BCUT2D eigenvalue weighted by molar-refractivity contribution is -0.0632. The van der Waals surface area contributed by atoms with Crippen molar-refractivity contribution < 1.29 is 9.53 Å². The van der Waals surface area contributed by atoms with Crippen LogP contribution in [0.5, 0.6) is 0 Å². The summed E-state index contributed by atoms with van der Waals surface area (Å²) < 4.78 is 7.08.